The number of ether oxygens (including phenoxy) is 1. The van der Waals surface area contributed by atoms with Crippen molar-refractivity contribution in [1.82, 2.24) is 14.8 Å². The third-order valence-corrected chi connectivity index (χ3v) is 6.86. The summed E-state index contributed by atoms with van der Waals surface area (Å²) in [5, 5.41) is 23.2. The first kappa shape index (κ1) is 26.9. The molecule has 9 nitrogen and oxygen atoms in total. The van der Waals surface area contributed by atoms with Crippen LogP contribution in [0.4, 0.5) is 11.4 Å². The standard InChI is InChI=1S/C28H29N5O4S/c1-18(2)21-11-14-24(15-12-21)37-20(4)27-30-31-28(32(27)22-8-6-5-7-9-22)38-17-26(34)29-25-16-23(33(35)36)13-10-19(25)3/h5-16,18,20H,17H2,1-4H3,(H,29,34). The van der Waals surface area contributed by atoms with Gasteiger partial charge in [-0.2, -0.15) is 0 Å². The number of aryl methyl sites for hydroxylation is 1. The fourth-order valence-electron chi connectivity index (χ4n) is 3.82. The van der Waals surface area contributed by atoms with Gasteiger partial charge in [0, 0.05) is 17.8 Å². The number of non-ortho nitro benzene ring substituents is 1. The fraction of sp³-hybridized carbons (Fsp3) is 0.250. The van der Waals surface area contributed by atoms with Crippen molar-refractivity contribution in [3.63, 3.8) is 0 Å². The second-order valence-electron chi connectivity index (χ2n) is 9.09. The number of hydrogen-bond donors (Lipinski definition) is 1. The highest BCUT2D eigenvalue weighted by Gasteiger charge is 2.22. The average Bonchev–Trinajstić information content (AvgIpc) is 3.33. The van der Waals surface area contributed by atoms with Gasteiger partial charge in [-0.05, 0) is 55.2 Å². The third-order valence-electron chi connectivity index (χ3n) is 5.93. The van der Waals surface area contributed by atoms with E-state index in [0.29, 0.717) is 22.6 Å². The largest absolute Gasteiger partial charge is 0.483 e. The first-order chi connectivity index (χ1) is 18.2. The van der Waals surface area contributed by atoms with Gasteiger partial charge in [-0.15, -0.1) is 10.2 Å². The molecular formula is C28H29N5O4S. The Balaban J connectivity index is 1.52. The number of amides is 1. The summed E-state index contributed by atoms with van der Waals surface area (Å²) < 4.78 is 8.07. The number of anilines is 1. The lowest BCUT2D eigenvalue weighted by atomic mass is 10.0. The maximum Gasteiger partial charge on any atom is 0.271 e. The number of thioether (sulfide) groups is 1. The second kappa shape index (κ2) is 11.9. The summed E-state index contributed by atoms with van der Waals surface area (Å²) in [5.41, 5.74) is 3.13. The summed E-state index contributed by atoms with van der Waals surface area (Å²) in [7, 11) is 0. The smallest absolute Gasteiger partial charge is 0.271 e. The number of hydrogen-bond acceptors (Lipinski definition) is 7. The predicted octanol–water partition coefficient (Wildman–Crippen LogP) is 6.48. The van der Waals surface area contributed by atoms with Gasteiger partial charge in [-0.25, -0.2) is 0 Å². The van der Waals surface area contributed by atoms with Gasteiger partial charge in [0.15, 0.2) is 17.1 Å². The number of benzene rings is 3. The Hall–Kier alpha value is -4.18. The average molecular weight is 532 g/mol. The van der Waals surface area contributed by atoms with E-state index < -0.39 is 11.0 Å². The van der Waals surface area contributed by atoms with Crippen LogP contribution in [-0.4, -0.2) is 31.3 Å². The van der Waals surface area contributed by atoms with Gasteiger partial charge in [-0.1, -0.05) is 62.0 Å². The van der Waals surface area contributed by atoms with Crippen molar-refractivity contribution in [2.45, 2.75) is 44.9 Å². The number of carbonyl (C=O) groups is 1. The van der Waals surface area contributed by atoms with Crippen LogP contribution in [0.5, 0.6) is 5.75 Å². The van der Waals surface area contributed by atoms with Gasteiger partial charge < -0.3 is 10.1 Å². The Labute approximate surface area is 225 Å². The first-order valence-electron chi connectivity index (χ1n) is 12.2. The van der Waals surface area contributed by atoms with Crippen molar-refractivity contribution in [3.8, 4) is 11.4 Å². The quantitative estimate of drug-likeness (QED) is 0.142. The molecule has 3 aromatic carbocycles. The number of para-hydroxylation sites is 1. The van der Waals surface area contributed by atoms with Gasteiger partial charge >= 0.3 is 0 Å². The summed E-state index contributed by atoms with van der Waals surface area (Å²) in [6.07, 6.45) is -0.414. The molecule has 0 radical (unpaired) electrons. The molecule has 0 aliphatic heterocycles. The number of aromatic nitrogens is 3. The maximum absolute atomic E-state index is 12.7. The molecule has 1 heterocycles. The Morgan fingerprint density at radius 3 is 2.42 bits per heavy atom. The van der Waals surface area contributed by atoms with Gasteiger partial charge in [0.25, 0.3) is 5.69 Å². The number of rotatable bonds is 10. The minimum absolute atomic E-state index is 0.0407. The van der Waals surface area contributed by atoms with E-state index in [-0.39, 0.29) is 17.3 Å². The Morgan fingerprint density at radius 1 is 1.05 bits per heavy atom. The lowest BCUT2D eigenvalue weighted by Gasteiger charge is -2.17. The highest BCUT2D eigenvalue weighted by Crippen LogP contribution is 2.29. The van der Waals surface area contributed by atoms with Crippen LogP contribution in [0, 0.1) is 17.0 Å². The van der Waals surface area contributed by atoms with E-state index in [4.69, 9.17) is 4.74 Å². The number of nitrogens with one attached hydrogen (secondary N) is 1. The van der Waals surface area contributed by atoms with Crippen LogP contribution in [0.25, 0.3) is 5.69 Å². The molecule has 0 bridgehead atoms. The van der Waals surface area contributed by atoms with E-state index in [9.17, 15) is 14.9 Å². The SMILES string of the molecule is Cc1ccc([N+](=O)[O-])cc1NC(=O)CSc1nnc(C(C)Oc2ccc(C(C)C)cc2)n1-c1ccccc1. The monoisotopic (exact) mass is 531 g/mol. The van der Waals surface area contributed by atoms with Crippen LogP contribution in [0.2, 0.25) is 0 Å². The summed E-state index contributed by atoms with van der Waals surface area (Å²) in [5.74, 6) is 1.49. The Bertz CT molecular complexity index is 1420. The van der Waals surface area contributed by atoms with E-state index in [1.54, 1.807) is 13.0 Å². The van der Waals surface area contributed by atoms with Crippen LogP contribution < -0.4 is 10.1 Å². The Morgan fingerprint density at radius 2 is 1.76 bits per heavy atom. The van der Waals surface area contributed by atoms with Crippen LogP contribution in [-0.2, 0) is 4.79 Å². The number of nitro groups is 1. The van der Waals surface area contributed by atoms with Crippen LogP contribution in [0.3, 0.4) is 0 Å². The van der Waals surface area contributed by atoms with Crippen LogP contribution in [0.15, 0.2) is 78.0 Å². The van der Waals surface area contributed by atoms with Crippen molar-refractivity contribution in [1.29, 1.82) is 0 Å². The van der Waals surface area contributed by atoms with Crippen LogP contribution >= 0.6 is 11.8 Å². The molecule has 1 N–H and O–H groups in total. The normalized spacial score (nSPS) is 11.8. The highest BCUT2D eigenvalue weighted by molar-refractivity contribution is 7.99. The molecule has 0 saturated carbocycles. The summed E-state index contributed by atoms with van der Waals surface area (Å²) in [4.78, 5) is 23.4. The summed E-state index contributed by atoms with van der Waals surface area (Å²) >= 11 is 1.22. The zero-order valence-electron chi connectivity index (χ0n) is 21.6. The van der Waals surface area contributed by atoms with E-state index in [1.807, 2.05) is 54.0 Å². The van der Waals surface area contributed by atoms with Gasteiger partial charge in [0.05, 0.1) is 16.4 Å². The molecule has 0 fully saturated rings. The van der Waals surface area contributed by atoms with Crippen molar-refractivity contribution in [3.05, 3.63) is 99.9 Å². The molecule has 0 spiro atoms. The first-order valence-corrected chi connectivity index (χ1v) is 13.2. The molecule has 1 amide bonds. The van der Waals surface area contributed by atoms with E-state index in [2.05, 4.69) is 41.5 Å². The molecule has 0 aliphatic carbocycles. The van der Waals surface area contributed by atoms with E-state index in [0.717, 1.165) is 17.0 Å². The molecular weight excluding hydrogens is 502 g/mol. The zero-order valence-corrected chi connectivity index (χ0v) is 22.4. The lowest BCUT2D eigenvalue weighted by Crippen LogP contribution is -2.16. The fourth-order valence-corrected chi connectivity index (χ4v) is 4.58. The lowest BCUT2D eigenvalue weighted by molar-refractivity contribution is -0.384. The topological polar surface area (TPSA) is 112 Å². The van der Waals surface area contributed by atoms with E-state index in [1.165, 1.54) is 29.5 Å². The number of nitro benzene ring substituents is 1. The minimum Gasteiger partial charge on any atom is -0.483 e. The molecule has 4 aromatic rings. The predicted molar refractivity (Wildman–Crippen MR) is 148 cm³/mol. The molecule has 1 atom stereocenters. The number of carbonyl (C=O) groups excluding carboxylic acids is 1. The van der Waals surface area contributed by atoms with Crippen molar-refractivity contribution < 1.29 is 14.5 Å². The van der Waals surface area contributed by atoms with E-state index >= 15 is 0 Å². The summed E-state index contributed by atoms with van der Waals surface area (Å²) in [6, 6.07) is 22.0. The van der Waals surface area contributed by atoms with Crippen LogP contribution in [0.1, 0.15) is 49.7 Å². The molecule has 1 unspecified atom stereocenters. The molecule has 4 rings (SSSR count). The molecule has 38 heavy (non-hydrogen) atoms. The molecule has 0 aliphatic rings. The zero-order chi connectivity index (χ0) is 27.2. The van der Waals surface area contributed by atoms with Crippen molar-refractivity contribution in [2.24, 2.45) is 0 Å². The van der Waals surface area contributed by atoms with Gasteiger partial charge in [0.1, 0.15) is 5.75 Å². The second-order valence-corrected chi connectivity index (χ2v) is 10.0. The van der Waals surface area contributed by atoms with Gasteiger partial charge in [0.2, 0.25) is 5.91 Å². The minimum atomic E-state index is -0.490. The molecule has 196 valence electrons. The van der Waals surface area contributed by atoms with Crippen molar-refractivity contribution in [2.75, 3.05) is 11.1 Å². The van der Waals surface area contributed by atoms with Gasteiger partial charge in [-0.3, -0.25) is 19.5 Å². The maximum atomic E-state index is 12.7. The highest BCUT2D eigenvalue weighted by atomic mass is 32.2. The summed E-state index contributed by atoms with van der Waals surface area (Å²) in [6.45, 7) is 7.98. The molecule has 1 aromatic heterocycles. The Kier molecular flexibility index (Phi) is 8.42. The van der Waals surface area contributed by atoms with Crippen molar-refractivity contribution >= 4 is 29.0 Å². The number of nitrogens with zero attached hydrogens (tertiary/aromatic N) is 4. The third kappa shape index (κ3) is 6.38. The molecule has 10 heteroatoms. The molecule has 0 saturated heterocycles.